The van der Waals surface area contributed by atoms with Gasteiger partial charge in [-0.05, 0) is 37.0 Å². The molecular weight excluding hydrogens is 144 g/mol. The summed E-state index contributed by atoms with van der Waals surface area (Å²) < 4.78 is 0. The number of fused-ring (bicyclic) bond motifs is 1. The van der Waals surface area contributed by atoms with Crippen LogP contribution in [-0.2, 0) is 0 Å². The van der Waals surface area contributed by atoms with E-state index < -0.39 is 0 Å². The highest BCUT2D eigenvalue weighted by molar-refractivity contribution is 5.17. The van der Waals surface area contributed by atoms with Gasteiger partial charge in [0.1, 0.15) is 0 Å². The second-order valence-electron chi connectivity index (χ2n) is 3.83. The van der Waals surface area contributed by atoms with Gasteiger partial charge in [0, 0.05) is 0 Å². The number of allylic oxidation sites excluding steroid dienone is 4. The topological polar surface area (TPSA) is 0 Å². The van der Waals surface area contributed by atoms with E-state index in [-0.39, 0.29) is 7.43 Å². The maximum absolute atomic E-state index is 2.46. The van der Waals surface area contributed by atoms with Gasteiger partial charge >= 0.3 is 0 Å². The molecule has 0 aromatic heterocycles. The summed E-state index contributed by atoms with van der Waals surface area (Å²) in [6.45, 7) is 2.32. The Morgan fingerprint density at radius 1 is 1.25 bits per heavy atom. The molecule has 0 heterocycles. The molecule has 0 saturated carbocycles. The van der Waals surface area contributed by atoms with Crippen LogP contribution in [0, 0.1) is 11.3 Å². The molecule has 0 aromatic rings. The molecule has 0 aromatic carbocycles. The standard InChI is InChI=1S/C11H16.CH4/c1-2-11-8-4-3-6-10(11)7-5-9-11;/h3-5,9-10H,2,6-8H2,1H3;1H4. The third kappa shape index (κ3) is 1.24. The molecule has 2 unspecified atom stereocenters. The maximum atomic E-state index is 2.46. The van der Waals surface area contributed by atoms with Crippen molar-refractivity contribution in [3.8, 4) is 0 Å². The summed E-state index contributed by atoms with van der Waals surface area (Å²) >= 11 is 0. The van der Waals surface area contributed by atoms with E-state index in [1.165, 1.54) is 25.7 Å². The minimum atomic E-state index is 0. The lowest BCUT2D eigenvalue weighted by molar-refractivity contribution is 0.233. The van der Waals surface area contributed by atoms with E-state index in [2.05, 4.69) is 31.2 Å². The van der Waals surface area contributed by atoms with Gasteiger partial charge in [-0.2, -0.15) is 0 Å². The molecule has 12 heavy (non-hydrogen) atoms. The zero-order valence-corrected chi connectivity index (χ0v) is 7.22. The zero-order chi connectivity index (χ0) is 7.73. The Balaban J connectivity index is 0.000000720. The Morgan fingerprint density at radius 3 is 2.67 bits per heavy atom. The molecule has 2 atom stereocenters. The van der Waals surface area contributed by atoms with Crippen molar-refractivity contribution < 1.29 is 0 Å². The summed E-state index contributed by atoms with van der Waals surface area (Å²) in [5.74, 6) is 0.928. The normalized spacial score (nSPS) is 37.6. The molecule has 0 heteroatoms. The van der Waals surface area contributed by atoms with Crippen LogP contribution in [0.25, 0.3) is 0 Å². The van der Waals surface area contributed by atoms with Gasteiger partial charge < -0.3 is 0 Å². The molecule has 2 rings (SSSR count). The molecular formula is C12H20. The summed E-state index contributed by atoms with van der Waals surface area (Å²) in [5.41, 5.74) is 0.564. The molecule has 0 spiro atoms. The molecule has 0 nitrogen and oxygen atoms in total. The van der Waals surface area contributed by atoms with Gasteiger partial charge in [0.25, 0.3) is 0 Å². The van der Waals surface area contributed by atoms with E-state index in [0.29, 0.717) is 5.41 Å². The first-order valence-corrected chi connectivity index (χ1v) is 4.70. The minimum Gasteiger partial charge on any atom is -0.0882 e. The predicted octanol–water partition coefficient (Wildman–Crippen LogP) is 3.95. The molecule has 68 valence electrons. The molecule has 2 aliphatic carbocycles. The second kappa shape index (κ2) is 3.47. The molecule has 0 N–H and O–H groups in total. The van der Waals surface area contributed by atoms with Crippen LogP contribution in [0.2, 0.25) is 0 Å². The smallest absolute Gasteiger partial charge is 0.00523 e. The Bertz CT molecular complexity index is 200. The fourth-order valence-electron chi connectivity index (χ4n) is 2.52. The molecule has 0 amide bonds. The SMILES string of the molecule is C.CCC12C=CCC1CC=CC2. The third-order valence-corrected chi connectivity index (χ3v) is 3.43. The number of hydrogen-bond donors (Lipinski definition) is 0. The largest absolute Gasteiger partial charge is 0.0882 e. The summed E-state index contributed by atoms with van der Waals surface area (Å²) in [7, 11) is 0. The molecule has 0 saturated heterocycles. The molecule has 0 fully saturated rings. The summed E-state index contributed by atoms with van der Waals surface area (Å²) in [6.07, 6.45) is 14.8. The molecule has 0 bridgehead atoms. The summed E-state index contributed by atoms with van der Waals surface area (Å²) in [5, 5.41) is 0. The highest BCUT2D eigenvalue weighted by atomic mass is 14.4. The highest BCUT2D eigenvalue weighted by Gasteiger charge is 2.37. The lowest BCUT2D eigenvalue weighted by Crippen LogP contribution is -2.25. The fourth-order valence-corrected chi connectivity index (χ4v) is 2.52. The van der Waals surface area contributed by atoms with E-state index in [1.807, 2.05) is 0 Å². The Kier molecular flexibility index (Phi) is 2.76. The second-order valence-corrected chi connectivity index (χ2v) is 3.83. The van der Waals surface area contributed by atoms with Crippen molar-refractivity contribution in [2.24, 2.45) is 11.3 Å². The average Bonchev–Trinajstić information content (AvgIpc) is 2.48. The molecule has 0 aliphatic heterocycles. The minimum absolute atomic E-state index is 0. The monoisotopic (exact) mass is 164 g/mol. The predicted molar refractivity (Wildman–Crippen MR) is 55.1 cm³/mol. The average molecular weight is 164 g/mol. The van der Waals surface area contributed by atoms with Gasteiger partial charge in [0.2, 0.25) is 0 Å². The van der Waals surface area contributed by atoms with Crippen LogP contribution in [0.5, 0.6) is 0 Å². The van der Waals surface area contributed by atoms with Gasteiger partial charge in [0.15, 0.2) is 0 Å². The zero-order valence-electron chi connectivity index (χ0n) is 7.22. The van der Waals surface area contributed by atoms with Gasteiger partial charge in [-0.1, -0.05) is 38.7 Å². The van der Waals surface area contributed by atoms with Gasteiger partial charge in [0.05, 0.1) is 0 Å². The Morgan fingerprint density at radius 2 is 2.00 bits per heavy atom. The fraction of sp³-hybridized carbons (Fsp3) is 0.667. The number of hydrogen-bond acceptors (Lipinski definition) is 0. The van der Waals surface area contributed by atoms with Crippen LogP contribution in [0.1, 0.15) is 40.0 Å². The lowest BCUT2D eigenvalue weighted by Gasteiger charge is -2.35. The first kappa shape index (κ1) is 9.57. The quantitative estimate of drug-likeness (QED) is 0.515. The van der Waals surface area contributed by atoms with E-state index in [9.17, 15) is 0 Å². The summed E-state index contributed by atoms with van der Waals surface area (Å²) in [4.78, 5) is 0. The Hall–Kier alpha value is -0.520. The van der Waals surface area contributed by atoms with Crippen LogP contribution >= 0.6 is 0 Å². The van der Waals surface area contributed by atoms with Crippen molar-refractivity contribution in [2.45, 2.75) is 40.0 Å². The van der Waals surface area contributed by atoms with Crippen LogP contribution in [0.4, 0.5) is 0 Å². The summed E-state index contributed by atoms with van der Waals surface area (Å²) in [6, 6.07) is 0. The van der Waals surface area contributed by atoms with E-state index in [1.54, 1.807) is 0 Å². The van der Waals surface area contributed by atoms with Crippen LogP contribution < -0.4 is 0 Å². The van der Waals surface area contributed by atoms with E-state index in [0.717, 1.165) is 5.92 Å². The molecule has 2 aliphatic rings. The first-order chi connectivity index (χ1) is 5.37. The van der Waals surface area contributed by atoms with Crippen molar-refractivity contribution in [2.75, 3.05) is 0 Å². The highest BCUT2D eigenvalue weighted by Crippen LogP contribution is 2.48. The van der Waals surface area contributed by atoms with Gasteiger partial charge in [-0.25, -0.2) is 0 Å². The number of rotatable bonds is 1. The van der Waals surface area contributed by atoms with E-state index >= 15 is 0 Å². The lowest BCUT2D eigenvalue weighted by atomic mass is 9.69. The van der Waals surface area contributed by atoms with Crippen LogP contribution in [0.15, 0.2) is 24.3 Å². The first-order valence-electron chi connectivity index (χ1n) is 4.70. The van der Waals surface area contributed by atoms with Gasteiger partial charge in [-0.3, -0.25) is 0 Å². The van der Waals surface area contributed by atoms with Gasteiger partial charge in [-0.15, -0.1) is 0 Å². The third-order valence-electron chi connectivity index (χ3n) is 3.43. The van der Waals surface area contributed by atoms with Crippen molar-refractivity contribution in [3.05, 3.63) is 24.3 Å². The Labute approximate surface area is 76.4 Å². The van der Waals surface area contributed by atoms with Crippen molar-refractivity contribution in [3.63, 3.8) is 0 Å². The van der Waals surface area contributed by atoms with Crippen molar-refractivity contribution in [1.82, 2.24) is 0 Å². The van der Waals surface area contributed by atoms with Crippen LogP contribution in [0.3, 0.4) is 0 Å². The van der Waals surface area contributed by atoms with Crippen molar-refractivity contribution >= 4 is 0 Å². The van der Waals surface area contributed by atoms with E-state index in [4.69, 9.17) is 0 Å². The molecule has 0 radical (unpaired) electrons. The van der Waals surface area contributed by atoms with Crippen molar-refractivity contribution in [1.29, 1.82) is 0 Å². The van der Waals surface area contributed by atoms with Crippen LogP contribution in [-0.4, -0.2) is 0 Å². The maximum Gasteiger partial charge on any atom is -0.00523 e.